The molecule has 5 aromatic rings. The summed E-state index contributed by atoms with van der Waals surface area (Å²) in [6, 6.07) is 19.2. The maximum atomic E-state index is 6.31. The minimum atomic E-state index is -0.0419. The molecule has 2 aliphatic rings. The highest BCUT2D eigenvalue weighted by Crippen LogP contribution is 2.38. The summed E-state index contributed by atoms with van der Waals surface area (Å²) in [6.07, 6.45) is 1.55. The van der Waals surface area contributed by atoms with Gasteiger partial charge in [0.1, 0.15) is 0 Å². The summed E-state index contributed by atoms with van der Waals surface area (Å²) in [7, 11) is 0. The predicted molar refractivity (Wildman–Crippen MR) is 159 cm³/mol. The Bertz CT molecular complexity index is 1570. The third-order valence-electron chi connectivity index (χ3n) is 7.98. The molecule has 10 nitrogen and oxygen atoms in total. The molecule has 200 valence electrons. The van der Waals surface area contributed by atoms with Crippen molar-refractivity contribution in [2.45, 2.75) is 37.0 Å². The molecule has 0 unspecified atom stereocenters. The van der Waals surface area contributed by atoms with E-state index in [2.05, 4.69) is 69.7 Å². The number of aromatic nitrogens is 3. The van der Waals surface area contributed by atoms with Crippen molar-refractivity contribution in [1.82, 2.24) is 15.0 Å². The number of nitrogens with zero attached hydrogens (tertiary/aromatic N) is 5. The molecule has 0 bridgehead atoms. The van der Waals surface area contributed by atoms with E-state index >= 15 is 0 Å². The first-order valence-corrected chi connectivity index (χ1v) is 13.6. The van der Waals surface area contributed by atoms with E-state index in [1.165, 1.54) is 26.9 Å². The van der Waals surface area contributed by atoms with Gasteiger partial charge in [0, 0.05) is 61.4 Å². The van der Waals surface area contributed by atoms with Crippen LogP contribution in [0.3, 0.4) is 0 Å². The standard InChI is InChI=1S/C29H34N10/c30-19-10-20(31)13-38(12-19)28-35-27(36-29(37-28)39-14-21(32)11-22(33)15-39)34-24-9-7-18-5-4-16-2-1-3-17-6-8-23(24)26(18)25(16)17/h1-9,19-22H,10-15,30-33H2,(H,34,35,36,37)/t19-,20+,21-,22+. The van der Waals surface area contributed by atoms with Crippen LogP contribution in [0.15, 0.2) is 54.6 Å². The van der Waals surface area contributed by atoms with Gasteiger partial charge in [-0.25, -0.2) is 0 Å². The molecule has 0 radical (unpaired) electrons. The molecular formula is C29H34N10. The van der Waals surface area contributed by atoms with Crippen molar-refractivity contribution in [3.8, 4) is 0 Å². The van der Waals surface area contributed by atoms with Gasteiger partial charge in [0.05, 0.1) is 0 Å². The SMILES string of the molecule is N[C@@H]1C[C@H](N)CN(c2nc(Nc3ccc4ccc5cccc6ccc3c4c56)nc(N3C[C@H](N)C[C@H](N)C3)n2)C1. The van der Waals surface area contributed by atoms with Crippen molar-refractivity contribution < 1.29 is 0 Å². The van der Waals surface area contributed by atoms with Crippen molar-refractivity contribution in [1.29, 1.82) is 0 Å². The van der Waals surface area contributed by atoms with Gasteiger partial charge < -0.3 is 38.1 Å². The molecule has 7 rings (SSSR count). The van der Waals surface area contributed by atoms with E-state index in [0.717, 1.165) is 23.9 Å². The van der Waals surface area contributed by atoms with Crippen molar-refractivity contribution in [3.05, 3.63) is 54.6 Å². The van der Waals surface area contributed by atoms with Gasteiger partial charge in [-0.05, 0) is 45.8 Å². The van der Waals surface area contributed by atoms with Crippen LogP contribution in [0.2, 0.25) is 0 Å². The molecular weight excluding hydrogens is 488 g/mol. The second kappa shape index (κ2) is 9.42. The topological polar surface area (TPSA) is 161 Å². The number of rotatable bonds is 4. The molecule has 4 atom stereocenters. The number of anilines is 4. The molecule has 2 fully saturated rings. The van der Waals surface area contributed by atoms with E-state index < -0.39 is 0 Å². The Morgan fingerprint density at radius 3 is 1.64 bits per heavy atom. The maximum absolute atomic E-state index is 6.31. The third kappa shape index (κ3) is 4.45. The summed E-state index contributed by atoms with van der Waals surface area (Å²) in [5.74, 6) is 1.57. The van der Waals surface area contributed by atoms with Crippen LogP contribution in [-0.2, 0) is 0 Å². The molecule has 1 aromatic heterocycles. The van der Waals surface area contributed by atoms with Crippen molar-refractivity contribution >= 4 is 55.8 Å². The lowest BCUT2D eigenvalue weighted by Crippen LogP contribution is -2.54. The van der Waals surface area contributed by atoms with E-state index in [9.17, 15) is 0 Å². The Morgan fingerprint density at radius 2 is 1.08 bits per heavy atom. The zero-order valence-corrected chi connectivity index (χ0v) is 21.8. The summed E-state index contributed by atoms with van der Waals surface area (Å²) in [5, 5.41) is 10.8. The van der Waals surface area contributed by atoms with Gasteiger partial charge >= 0.3 is 0 Å². The minimum Gasteiger partial charge on any atom is -0.338 e. The minimum absolute atomic E-state index is 0.0419. The monoisotopic (exact) mass is 522 g/mol. The summed E-state index contributed by atoms with van der Waals surface area (Å²) < 4.78 is 0. The van der Waals surface area contributed by atoms with E-state index in [0.29, 0.717) is 44.0 Å². The van der Waals surface area contributed by atoms with Crippen LogP contribution >= 0.6 is 0 Å². The summed E-state index contributed by atoms with van der Waals surface area (Å²) in [4.78, 5) is 18.7. The second-order valence-electron chi connectivity index (χ2n) is 11.2. The highest BCUT2D eigenvalue weighted by Gasteiger charge is 2.29. The third-order valence-corrected chi connectivity index (χ3v) is 7.98. The van der Waals surface area contributed by atoms with Crippen LogP contribution in [0.25, 0.3) is 32.3 Å². The Morgan fingerprint density at radius 1 is 0.590 bits per heavy atom. The smallest absolute Gasteiger partial charge is 0.233 e. The number of hydrogen-bond donors (Lipinski definition) is 5. The lowest BCUT2D eigenvalue weighted by atomic mass is 9.93. The molecule has 2 saturated heterocycles. The van der Waals surface area contributed by atoms with E-state index in [4.69, 9.17) is 37.9 Å². The molecule has 4 aromatic carbocycles. The van der Waals surface area contributed by atoms with Crippen LogP contribution in [0.5, 0.6) is 0 Å². The largest absolute Gasteiger partial charge is 0.338 e. The van der Waals surface area contributed by atoms with Crippen LogP contribution in [0, 0.1) is 0 Å². The molecule has 0 aliphatic carbocycles. The molecule has 3 heterocycles. The Kier molecular flexibility index (Phi) is 5.85. The molecule has 39 heavy (non-hydrogen) atoms. The Balaban J connectivity index is 1.33. The first-order chi connectivity index (χ1) is 18.9. The number of nitrogens with two attached hydrogens (primary N) is 4. The highest BCUT2D eigenvalue weighted by atomic mass is 15.4. The van der Waals surface area contributed by atoms with Gasteiger partial charge in [-0.3, -0.25) is 0 Å². The zero-order chi connectivity index (χ0) is 26.7. The first kappa shape index (κ1) is 24.2. The zero-order valence-electron chi connectivity index (χ0n) is 21.8. The number of piperidine rings is 2. The van der Waals surface area contributed by atoms with Crippen molar-refractivity contribution in [2.24, 2.45) is 22.9 Å². The Labute approximate surface area is 226 Å². The van der Waals surface area contributed by atoms with Gasteiger partial charge in [0.15, 0.2) is 0 Å². The van der Waals surface area contributed by atoms with Crippen LogP contribution in [-0.4, -0.2) is 65.3 Å². The van der Waals surface area contributed by atoms with E-state index in [1.54, 1.807) is 0 Å². The maximum Gasteiger partial charge on any atom is 0.233 e. The number of benzene rings is 4. The lowest BCUT2D eigenvalue weighted by molar-refractivity contribution is 0.441. The molecule has 10 heteroatoms. The van der Waals surface area contributed by atoms with Crippen LogP contribution in [0.1, 0.15) is 12.8 Å². The molecule has 0 spiro atoms. The van der Waals surface area contributed by atoms with Crippen molar-refractivity contribution in [3.63, 3.8) is 0 Å². The molecule has 2 aliphatic heterocycles. The van der Waals surface area contributed by atoms with Gasteiger partial charge in [-0.15, -0.1) is 0 Å². The summed E-state index contributed by atoms with van der Waals surface area (Å²) in [6.45, 7) is 2.53. The second-order valence-corrected chi connectivity index (χ2v) is 11.2. The highest BCUT2D eigenvalue weighted by molar-refractivity contribution is 6.25. The lowest BCUT2D eigenvalue weighted by Gasteiger charge is -2.37. The van der Waals surface area contributed by atoms with Gasteiger partial charge in [0.2, 0.25) is 17.8 Å². The predicted octanol–water partition coefficient (Wildman–Crippen LogP) is 2.24. The average molecular weight is 523 g/mol. The fraction of sp³-hybridized carbons (Fsp3) is 0.345. The molecule has 0 saturated carbocycles. The molecule has 0 amide bonds. The van der Waals surface area contributed by atoms with Gasteiger partial charge in [0.25, 0.3) is 0 Å². The van der Waals surface area contributed by atoms with E-state index in [1.807, 2.05) is 0 Å². The number of nitrogens with one attached hydrogen (secondary N) is 1. The van der Waals surface area contributed by atoms with Crippen molar-refractivity contribution in [2.75, 3.05) is 41.3 Å². The fourth-order valence-electron chi connectivity index (χ4n) is 6.34. The Hall–Kier alpha value is -3.83. The van der Waals surface area contributed by atoms with E-state index in [-0.39, 0.29) is 24.2 Å². The van der Waals surface area contributed by atoms with Crippen LogP contribution in [0.4, 0.5) is 23.5 Å². The normalized spacial score (nSPS) is 24.2. The quantitative estimate of drug-likeness (QED) is 0.221. The van der Waals surface area contributed by atoms with Gasteiger partial charge in [-0.1, -0.05) is 48.5 Å². The molecule has 9 N–H and O–H groups in total. The summed E-state index contributed by atoms with van der Waals surface area (Å²) in [5.41, 5.74) is 26.2. The first-order valence-electron chi connectivity index (χ1n) is 13.6. The fourth-order valence-corrected chi connectivity index (χ4v) is 6.34. The average Bonchev–Trinajstić information content (AvgIpc) is 2.91. The summed E-state index contributed by atoms with van der Waals surface area (Å²) >= 11 is 0. The van der Waals surface area contributed by atoms with Gasteiger partial charge in [-0.2, -0.15) is 15.0 Å². The van der Waals surface area contributed by atoms with Crippen LogP contribution < -0.4 is 38.1 Å². The number of hydrogen-bond acceptors (Lipinski definition) is 10.